The molecule has 0 spiro atoms. The average Bonchev–Trinajstić information content (AvgIpc) is 3.19. The number of carbonyl (C=O) groups is 1. The topological polar surface area (TPSA) is 41.4 Å². The number of imidazole rings is 1. The van der Waals surface area contributed by atoms with Crippen molar-refractivity contribution in [1.29, 1.82) is 0 Å². The van der Waals surface area contributed by atoms with Gasteiger partial charge in [0.2, 0.25) is 11.9 Å². The number of aryl methyl sites for hydroxylation is 1. The van der Waals surface area contributed by atoms with Crippen LogP contribution in [0, 0.1) is 12.8 Å². The molecule has 2 saturated heterocycles. The van der Waals surface area contributed by atoms with Gasteiger partial charge < -0.3 is 14.4 Å². The fourth-order valence-corrected chi connectivity index (χ4v) is 5.04. The number of hydrogen-bond donors (Lipinski definition) is 0. The SMILES string of the molecule is Cc1ccc(Cn2c(N3CCC(C(=O)N4CCCCC4)CC3)nc3ccccc32)cc1. The van der Waals surface area contributed by atoms with Crippen LogP contribution in [0.15, 0.2) is 48.5 Å². The van der Waals surface area contributed by atoms with Gasteiger partial charge in [-0.05, 0) is 56.7 Å². The molecule has 1 aromatic heterocycles. The number of piperidine rings is 2. The van der Waals surface area contributed by atoms with Crippen LogP contribution in [0.5, 0.6) is 0 Å². The molecule has 0 saturated carbocycles. The Morgan fingerprint density at radius 1 is 0.935 bits per heavy atom. The van der Waals surface area contributed by atoms with E-state index in [1.165, 1.54) is 23.1 Å². The van der Waals surface area contributed by atoms with Gasteiger partial charge in [-0.2, -0.15) is 0 Å². The Labute approximate surface area is 184 Å². The summed E-state index contributed by atoms with van der Waals surface area (Å²) in [6, 6.07) is 17.2. The maximum absolute atomic E-state index is 13.0. The van der Waals surface area contributed by atoms with Crippen LogP contribution in [0.3, 0.4) is 0 Å². The standard InChI is InChI=1S/C26H32N4O/c1-20-9-11-21(12-10-20)19-30-24-8-4-3-7-23(24)27-26(30)29-17-13-22(14-18-29)25(31)28-15-5-2-6-16-28/h3-4,7-12,22H,2,5-6,13-19H2,1H3. The minimum Gasteiger partial charge on any atom is -0.342 e. The number of benzene rings is 2. The number of hydrogen-bond acceptors (Lipinski definition) is 3. The van der Waals surface area contributed by atoms with Gasteiger partial charge in [-0.15, -0.1) is 0 Å². The Hall–Kier alpha value is -2.82. The van der Waals surface area contributed by atoms with E-state index in [1.807, 2.05) is 0 Å². The van der Waals surface area contributed by atoms with E-state index in [0.29, 0.717) is 5.91 Å². The lowest BCUT2D eigenvalue weighted by Crippen LogP contribution is -2.44. The van der Waals surface area contributed by atoms with Crippen molar-refractivity contribution in [3.05, 3.63) is 59.7 Å². The Kier molecular flexibility index (Phi) is 5.66. The highest BCUT2D eigenvalue weighted by Gasteiger charge is 2.30. The molecular formula is C26H32N4O. The van der Waals surface area contributed by atoms with Gasteiger partial charge in [-0.3, -0.25) is 4.79 Å². The molecule has 5 nitrogen and oxygen atoms in total. The minimum atomic E-state index is 0.171. The van der Waals surface area contributed by atoms with Crippen LogP contribution in [0.4, 0.5) is 5.95 Å². The predicted molar refractivity (Wildman–Crippen MR) is 125 cm³/mol. The number of carbonyl (C=O) groups excluding carboxylic acids is 1. The van der Waals surface area contributed by atoms with Crippen LogP contribution in [0.1, 0.15) is 43.2 Å². The summed E-state index contributed by atoms with van der Waals surface area (Å²) >= 11 is 0. The van der Waals surface area contributed by atoms with Crippen LogP contribution in [-0.2, 0) is 11.3 Å². The third-order valence-electron chi connectivity index (χ3n) is 6.89. The summed E-state index contributed by atoms with van der Waals surface area (Å²) < 4.78 is 2.34. The molecule has 2 fully saturated rings. The van der Waals surface area contributed by atoms with Crippen molar-refractivity contribution in [2.45, 2.75) is 45.6 Å². The van der Waals surface area contributed by atoms with E-state index in [0.717, 1.165) is 69.9 Å². The fourth-order valence-electron chi connectivity index (χ4n) is 5.04. The molecule has 3 aromatic rings. The van der Waals surface area contributed by atoms with Crippen LogP contribution < -0.4 is 4.90 Å². The number of likely N-dealkylation sites (tertiary alicyclic amines) is 1. The monoisotopic (exact) mass is 416 g/mol. The van der Waals surface area contributed by atoms with Crippen molar-refractivity contribution < 1.29 is 4.79 Å². The van der Waals surface area contributed by atoms with E-state index in [4.69, 9.17) is 4.98 Å². The first-order chi connectivity index (χ1) is 15.2. The molecule has 0 radical (unpaired) electrons. The Balaban J connectivity index is 1.35. The number of fused-ring (bicyclic) bond motifs is 1. The van der Waals surface area contributed by atoms with Gasteiger partial charge in [0.05, 0.1) is 17.6 Å². The highest BCUT2D eigenvalue weighted by molar-refractivity contribution is 5.80. The molecule has 0 atom stereocenters. The van der Waals surface area contributed by atoms with E-state index in [9.17, 15) is 4.79 Å². The first kappa shape index (κ1) is 20.1. The van der Waals surface area contributed by atoms with E-state index in [1.54, 1.807) is 0 Å². The van der Waals surface area contributed by atoms with Gasteiger partial charge in [-0.25, -0.2) is 4.98 Å². The van der Waals surface area contributed by atoms with Crippen LogP contribution in [0.25, 0.3) is 11.0 Å². The summed E-state index contributed by atoms with van der Waals surface area (Å²) in [5, 5.41) is 0. The predicted octanol–water partition coefficient (Wildman–Crippen LogP) is 4.62. The van der Waals surface area contributed by atoms with Crippen molar-refractivity contribution in [2.24, 2.45) is 5.92 Å². The summed E-state index contributed by atoms with van der Waals surface area (Å²) in [4.78, 5) is 22.5. The number of aromatic nitrogens is 2. The molecule has 5 rings (SSSR count). The van der Waals surface area contributed by atoms with Gasteiger partial charge in [0.25, 0.3) is 0 Å². The van der Waals surface area contributed by atoms with E-state index < -0.39 is 0 Å². The lowest BCUT2D eigenvalue weighted by Gasteiger charge is -2.36. The van der Waals surface area contributed by atoms with Gasteiger partial charge >= 0.3 is 0 Å². The Bertz CT molecular complexity index is 1040. The van der Waals surface area contributed by atoms with Gasteiger partial charge in [0, 0.05) is 32.1 Å². The maximum atomic E-state index is 13.0. The third kappa shape index (κ3) is 4.18. The molecular weight excluding hydrogens is 384 g/mol. The van der Waals surface area contributed by atoms with Crippen LogP contribution in [0.2, 0.25) is 0 Å². The molecule has 0 bridgehead atoms. The summed E-state index contributed by atoms with van der Waals surface area (Å²) in [5.74, 6) is 1.59. The first-order valence-electron chi connectivity index (χ1n) is 11.7. The van der Waals surface area contributed by atoms with Crippen molar-refractivity contribution in [1.82, 2.24) is 14.5 Å². The molecule has 5 heteroatoms. The molecule has 2 aliphatic heterocycles. The lowest BCUT2D eigenvalue weighted by molar-refractivity contribution is -0.137. The smallest absolute Gasteiger partial charge is 0.225 e. The van der Waals surface area contributed by atoms with Gasteiger partial charge in [0.15, 0.2) is 0 Å². The van der Waals surface area contributed by atoms with E-state index in [2.05, 4.69) is 69.8 Å². The third-order valence-corrected chi connectivity index (χ3v) is 6.89. The second kappa shape index (κ2) is 8.74. The summed E-state index contributed by atoms with van der Waals surface area (Å²) in [7, 11) is 0. The number of nitrogens with zero attached hydrogens (tertiary/aromatic N) is 4. The molecule has 162 valence electrons. The molecule has 0 N–H and O–H groups in total. The van der Waals surface area contributed by atoms with Gasteiger partial charge in [-0.1, -0.05) is 42.0 Å². The second-order valence-electron chi connectivity index (χ2n) is 9.12. The highest BCUT2D eigenvalue weighted by Crippen LogP contribution is 2.29. The molecule has 0 aliphatic carbocycles. The maximum Gasteiger partial charge on any atom is 0.225 e. The summed E-state index contributed by atoms with van der Waals surface area (Å²) in [5.41, 5.74) is 4.77. The number of anilines is 1. The Morgan fingerprint density at radius 2 is 1.65 bits per heavy atom. The average molecular weight is 417 g/mol. The normalized spacial score (nSPS) is 18.0. The second-order valence-corrected chi connectivity index (χ2v) is 9.12. The zero-order valence-electron chi connectivity index (χ0n) is 18.5. The molecule has 3 heterocycles. The summed E-state index contributed by atoms with van der Waals surface area (Å²) in [6.45, 7) is 6.61. The molecule has 2 aliphatic rings. The van der Waals surface area contributed by atoms with Gasteiger partial charge in [0.1, 0.15) is 0 Å². The number of amides is 1. The number of para-hydroxylation sites is 2. The summed E-state index contributed by atoms with van der Waals surface area (Å²) in [6.07, 6.45) is 5.42. The van der Waals surface area contributed by atoms with Crippen LogP contribution >= 0.6 is 0 Å². The Morgan fingerprint density at radius 3 is 2.39 bits per heavy atom. The van der Waals surface area contributed by atoms with E-state index in [-0.39, 0.29) is 5.92 Å². The molecule has 31 heavy (non-hydrogen) atoms. The zero-order valence-corrected chi connectivity index (χ0v) is 18.5. The molecule has 2 aromatic carbocycles. The quantitative estimate of drug-likeness (QED) is 0.623. The zero-order chi connectivity index (χ0) is 21.2. The van der Waals surface area contributed by atoms with Crippen molar-refractivity contribution >= 4 is 22.9 Å². The fraction of sp³-hybridized carbons (Fsp3) is 0.462. The first-order valence-corrected chi connectivity index (χ1v) is 11.7. The van der Waals surface area contributed by atoms with Crippen molar-refractivity contribution in [3.8, 4) is 0 Å². The molecule has 0 unspecified atom stereocenters. The largest absolute Gasteiger partial charge is 0.342 e. The van der Waals surface area contributed by atoms with E-state index >= 15 is 0 Å². The van der Waals surface area contributed by atoms with Crippen molar-refractivity contribution in [2.75, 3.05) is 31.1 Å². The molecule has 1 amide bonds. The minimum absolute atomic E-state index is 0.171. The number of rotatable bonds is 4. The highest BCUT2D eigenvalue weighted by atomic mass is 16.2. The van der Waals surface area contributed by atoms with Crippen molar-refractivity contribution in [3.63, 3.8) is 0 Å². The van der Waals surface area contributed by atoms with Crippen LogP contribution in [-0.4, -0.2) is 46.5 Å². The lowest BCUT2D eigenvalue weighted by atomic mass is 9.94.